The first-order valence-electron chi connectivity index (χ1n) is 7.11. The highest BCUT2D eigenvalue weighted by Gasteiger charge is 2.43. The highest BCUT2D eigenvalue weighted by atomic mass is 35.5. The highest BCUT2D eigenvalue weighted by molar-refractivity contribution is 6.30. The number of pyridine rings is 1. The smallest absolute Gasteiger partial charge is 0.239 e. The van der Waals surface area contributed by atoms with Crippen LogP contribution in [0.2, 0.25) is 5.02 Å². The van der Waals surface area contributed by atoms with Gasteiger partial charge >= 0.3 is 0 Å². The van der Waals surface area contributed by atoms with Crippen LogP contribution in [0.3, 0.4) is 0 Å². The molecule has 2 atom stereocenters. The minimum atomic E-state index is -0.354. The van der Waals surface area contributed by atoms with E-state index in [1.165, 1.54) is 11.1 Å². The van der Waals surface area contributed by atoms with Crippen molar-refractivity contribution in [3.05, 3.63) is 59.2 Å². The summed E-state index contributed by atoms with van der Waals surface area (Å²) < 4.78 is 0. The Morgan fingerprint density at radius 3 is 2.55 bits per heavy atom. The minimum absolute atomic E-state index is 0.0186. The van der Waals surface area contributed by atoms with E-state index in [1.54, 1.807) is 12.1 Å². The average molecular weight is 315 g/mol. The Bertz CT molecular complexity index is 700. The third-order valence-corrected chi connectivity index (χ3v) is 4.27. The number of carbonyl (C=O) groups is 2. The number of halogens is 1. The molecule has 5 heteroatoms. The summed E-state index contributed by atoms with van der Waals surface area (Å²) in [6.45, 7) is 1.98. The second-order valence-corrected chi connectivity index (χ2v) is 5.85. The van der Waals surface area contributed by atoms with Crippen LogP contribution in [0.4, 0.5) is 5.82 Å². The predicted molar refractivity (Wildman–Crippen MR) is 84.7 cm³/mol. The fraction of sp³-hybridized carbons (Fsp3) is 0.235. The summed E-state index contributed by atoms with van der Waals surface area (Å²) in [6, 6.07) is 13.0. The van der Waals surface area contributed by atoms with Gasteiger partial charge in [-0.05, 0) is 23.6 Å². The van der Waals surface area contributed by atoms with E-state index >= 15 is 0 Å². The molecule has 0 saturated carbocycles. The monoisotopic (exact) mass is 314 g/mol. The summed E-state index contributed by atoms with van der Waals surface area (Å²) in [5, 5.41) is 0.469. The molecule has 2 aromatic rings. The molecule has 0 unspecified atom stereocenters. The molecular weight excluding hydrogens is 300 g/mol. The zero-order chi connectivity index (χ0) is 15.7. The summed E-state index contributed by atoms with van der Waals surface area (Å²) in [4.78, 5) is 30.1. The molecule has 1 aliphatic heterocycles. The summed E-state index contributed by atoms with van der Waals surface area (Å²) in [5.41, 5.74) is 1.06. The van der Waals surface area contributed by atoms with Gasteiger partial charge in [0.1, 0.15) is 5.82 Å². The zero-order valence-electron chi connectivity index (χ0n) is 12.1. The maximum atomic E-state index is 12.6. The first kappa shape index (κ1) is 14.7. The number of imide groups is 1. The number of hydrogen-bond donors (Lipinski definition) is 0. The van der Waals surface area contributed by atoms with Crippen LogP contribution in [-0.4, -0.2) is 16.8 Å². The molecule has 4 nitrogen and oxygen atoms in total. The maximum Gasteiger partial charge on any atom is 0.239 e. The average Bonchev–Trinajstić information content (AvgIpc) is 2.83. The summed E-state index contributed by atoms with van der Waals surface area (Å²) in [6.07, 6.45) is 1.64. The van der Waals surface area contributed by atoms with Crippen LogP contribution in [0.5, 0.6) is 0 Å². The summed E-state index contributed by atoms with van der Waals surface area (Å²) in [5.74, 6) is -0.451. The van der Waals surface area contributed by atoms with Crippen LogP contribution in [0.25, 0.3) is 0 Å². The summed E-state index contributed by atoms with van der Waals surface area (Å²) in [7, 11) is 0. The van der Waals surface area contributed by atoms with Crippen molar-refractivity contribution in [3.8, 4) is 0 Å². The van der Waals surface area contributed by atoms with E-state index in [-0.39, 0.29) is 30.1 Å². The third kappa shape index (κ3) is 2.62. The second-order valence-electron chi connectivity index (χ2n) is 5.41. The quantitative estimate of drug-likeness (QED) is 0.816. The molecule has 0 aliphatic carbocycles. The van der Waals surface area contributed by atoms with Gasteiger partial charge < -0.3 is 0 Å². The van der Waals surface area contributed by atoms with Gasteiger partial charge in [-0.15, -0.1) is 0 Å². The lowest BCUT2D eigenvalue weighted by Crippen LogP contribution is -2.32. The van der Waals surface area contributed by atoms with Gasteiger partial charge in [-0.25, -0.2) is 9.88 Å². The lowest BCUT2D eigenvalue weighted by molar-refractivity contribution is -0.122. The van der Waals surface area contributed by atoms with Gasteiger partial charge in [0, 0.05) is 12.6 Å². The van der Waals surface area contributed by atoms with Crippen LogP contribution in [0.1, 0.15) is 24.8 Å². The SMILES string of the molecule is C[C@H](c1ccccc1)[C@@H]1CC(=O)N(c2ccc(Cl)cn2)C1=O. The number of amides is 2. The molecule has 0 bridgehead atoms. The van der Waals surface area contributed by atoms with Crippen LogP contribution in [0, 0.1) is 5.92 Å². The third-order valence-electron chi connectivity index (χ3n) is 4.05. The van der Waals surface area contributed by atoms with Gasteiger partial charge in [0.25, 0.3) is 0 Å². The van der Waals surface area contributed by atoms with Crippen LogP contribution in [-0.2, 0) is 9.59 Å². The lowest BCUT2D eigenvalue weighted by Gasteiger charge is -2.18. The van der Waals surface area contributed by atoms with Gasteiger partial charge in [0.05, 0.1) is 10.9 Å². The fourth-order valence-electron chi connectivity index (χ4n) is 2.78. The number of rotatable bonds is 3. The van der Waals surface area contributed by atoms with E-state index < -0.39 is 0 Å². The van der Waals surface area contributed by atoms with E-state index in [4.69, 9.17) is 11.6 Å². The van der Waals surface area contributed by atoms with Crippen molar-refractivity contribution in [2.75, 3.05) is 4.90 Å². The maximum absolute atomic E-state index is 12.6. The predicted octanol–water partition coefficient (Wildman–Crippen LogP) is 3.42. The zero-order valence-corrected chi connectivity index (χ0v) is 12.8. The van der Waals surface area contributed by atoms with Crippen molar-refractivity contribution in [3.63, 3.8) is 0 Å². The Morgan fingerprint density at radius 2 is 1.91 bits per heavy atom. The van der Waals surface area contributed by atoms with E-state index in [9.17, 15) is 9.59 Å². The minimum Gasteiger partial charge on any atom is -0.274 e. The Morgan fingerprint density at radius 1 is 1.18 bits per heavy atom. The number of benzene rings is 1. The molecule has 112 valence electrons. The number of anilines is 1. The molecule has 0 radical (unpaired) electrons. The number of hydrogen-bond acceptors (Lipinski definition) is 3. The Labute approximate surface area is 133 Å². The molecule has 3 rings (SSSR count). The number of aromatic nitrogens is 1. The van der Waals surface area contributed by atoms with Crippen molar-refractivity contribution in [2.24, 2.45) is 5.92 Å². The van der Waals surface area contributed by atoms with Crippen molar-refractivity contribution in [1.82, 2.24) is 4.98 Å². The van der Waals surface area contributed by atoms with Gasteiger partial charge in [0.2, 0.25) is 11.8 Å². The Kier molecular flexibility index (Phi) is 3.94. The summed E-state index contributed by atoms with van der Waals surface area (Å²) >= 11 is 5.80. The molecule has 1 fully saturated rings. The first-order valence-corrected chi connectivity index (χ1v) is 7.49. The Balaban J connectivity index is 1.87. The van der Waals surface area contributed by atoms with E-state index in [1.807, 2.05) is 37.3 Å². The molecule has 2 heterocycles. The topological polar surface area (TPSA) is 50.3 Å². The van der Waals surface area contributed by atoms with Crippen molar-refractivity contribution < 1.29 is 9.59 Å². The van der Waals surface area contributed by atoms with Gasteiger partial charge in [-0.2, -0.15) is 0 Å². The van der Waals surface area contributed by atoms with Gasteiger partial charge in [-0.1, -0.05) is 48.9 Å². The number of carbonyl (C=O) groups excluding carboxylic acids is 2. The fourth-order valence-corrected chi connectivity index (χ4v) is 2.89. The molecule has 0 spiro atoms. The van der Waals surface area contributed by atoms with Crippen LogP contribution < -0.4 is 4.90 Å². The standard InChI is InChI=1S/C17H15ClN2O2/c1-11(12-5-3-2-4-6-12)14-9-16(21)20(17(14)22)15-8-7-13(18)10-19-15/h2-8,10-11,14H,9H2,1H3/t11-,14+/m1/s1. The highest BCUT2D eigenvalue weighted by Crippen LogP contribution is 2.35. The molecule has 1 aromatic carbocycles. The molecule has 1 aliphatic rings. The second kappa shape index (κ2) is 5.89. The number of nitrogens with zero attached hydrogens (tertiary/aromatic N) is 2. The molecule has 1 saturated heterocycles. The largest absolute Gasteiger partial charge is 0.274 e. The van der Waals surface area contributed by atoms with E-state index in [0.717, 1.165) is 5.56 Å². The molecule has 22 heavy (non-hydrogen) atoms. The molecule has 0 N–H and O–H groups in total. The van der Waals surface area contributed by atoms with Crippen molar-refractivity contribution in [1.29, 1.82) is 0 Å². The van der Waals surface area contributed by atoms with Crippen molar-refractivity contribution in [2.45, 2.75) is 19.3 Å². The van der Waals surface area contributed by atoms with Gasteiger partial charge in [0.15, 0.2) is 0 Å². The first-order chi connectivity index (χ1) is 10.6. The van der Waals surface area contributed by atoms with E-state index in [2.05, 4.69) is 4.98 Å². The molecular formula is C17H15ClN2O2. The van der Waals surface area contributed by atoms with Crippen molar-refractivity contribution >= 4 is 29.2 Å². The van der Waals surface area contributed by atoms with E-state index in [0.29, 0.717) is 10.8 Å². The Hall–Kier alpha value is -2.20. The lowest BCUT2D eigenvalue weighted by atomic mass is 9.86. The van der Waals surface area contributed by atoms with Crippen LogP contribution >= 0.6 is 11.6 Å². The van der Waals surface area contributed by atoms with Gasteiger partial charge in [-0.3, -0.25) is 9.59 Å². The molecule has 1 aromatic heterocycles. The molecule has 2 amide bonds. The van der Waals surface area contributed by atoms with Crippen LogP contribution in [0.15, 0.2) is 48.7 Å². The normalized spacial score (nSPS) is 19.5.